The zero-order valence-electron chi connectivity index (χ0n) is 14.5. The first kappa shape index (κ1) is 17.0. The van der Waals surface area contributed by atoms with Crippen molar-refractivity contribution in [2.75, 3.05) is 16.3 Å². The molecule has 4 nitrogen and oxygen atoms in total. The van der Waals surface area contributed by atoms with Gasteiger partial charge in [0.25, 0.3) is 5.91 Å². The summed E-state index contributed by atoms with van der Waals surface area (Å²) in [6.07, 6.45) is 0. The van der Waals surface area contributed by atoms with Crippen LogP contribution < -0.4 is 9.80 Å². The molecule has 1 saturated heterocycles. The number of hydrogen-bond acceptors (Lipinski definition) is 2. The number of nitrogens with zero attached hydrogens (tertiary/aromatic N) is 2. The molecule has 0 spiro atoms. The van der Waals surface area contributed by atoms with Crippen LogP contribution in [0.15, 0.2) is 84.9 Å². The number of benzene rings is 3. The number of piperazine rings is 1. The van der Waals surface area contributed by atoms with Crippen LogP contribution in [0.2, 0.25) is 0 Å². The van der Waals surface area contributed by atoms with E-state index >= 15 is 0 Å². The van der Waals surface area contributed by atoms with E-state index in [4.69, 9.17) is 0 Å². The minimum atomic E-state index is -0.852. The summed E-state index contributed by atoms with van der Waals surface area (Å²) in [5.41, 5.74) is 1.43. The lowest BCUT2D eigenvalue weighted by Crippen LogP contribution is -2.56. The molecule has 0 aliphatic carbocycles. The molecule has 1 aliphatic rings. The summed E-state index contributed by atoms with van der Waals surface area (Å²) in [5, 5.41) is 0. The first-order valence-electron chi connectivity index (χ1n) is 8.65. The summed E-state index contributed by atoms with van der Waals surface area (Å²) in [5.74, 6) is -1.13. The van der Waals surface area contributed by atoms with Crippen LogP contribution in [0.4, 0.5) is 15.8 Å². The Balaban J connectivity index is 1.83. The number of para-hydroxylation sites is 2. The minimum absolute atomic E-state index is 0.115. The Kier molecular flexibility index (Phi) is 4.42. The van der Waals surface area contributed by atoms with E-state index in [0.29, 0.717) is 11.3 Å². The van der Waals surface area contributed by atoms with Gasteiger partial charge in [0.2, 0.25) is 5.91 Å². The maximum absolute atomic E-state index is 14.3. The van der Waals surface area contributed by atoms with E-state index in [1.54, 1.807) is 36.4 Å². The fourth-order valence-electron chi connectivity index (χ4n) is 3.37. The number of anilines is 2. The van der Waals surface area contributed by atoms with E-state index in [0.717, 1.165) is 0 Å². The second-order valence-electron chi connectivity index (χ2n) is 6.29. The molecule has 27 heavy (non-hydrogen) atoms. The topological polar surface area (TPSA) is 40.6 Å². The van der Waals surface area contributed by atoms with Gasteiger partial charge < -0.3 is 0 Å². The highest BCUT2D eigenvalue weighted by Gasteiger charge is 2.42. The molecule has 0 radical (unpaired) electrons. The van der Waals surface area contributed by atoms with Crippen molar-refractivity contribution in [1.82, 2.24) is 0 Å². The first-order chi connectivity index (χ1) is 13.2. The van der Waals surface area contributed by atoms with Gasteiger partial charge in [-0.05, 0) is 29.8 Å². The Bertz CT molecular complexity index is 976. The lowest BCUT2D eigenvalue weighted by Gasteiger charge is -2.40. The Morgan fingerprint density at radius 3 is 2.04 bits per heavy atom. The van der Waals surface area contributed by atoms with Crippen molar-refractivity contribution in [3.05, 3.63) is 96.3 Å². The average molecular weight is 360 g/mol. The van der Waals surface area contributed by atoms with E-state index in [1.165, 1.54) is 21.9 Å². The normalized spacial score (nSPS) is 17.3. The molecule has 1 fully saturated rings. The molecule has 0 bridgehead atoms. The van der Waals surface area contributed by atoms with Crippen LogP contribution in [0.25, 0.3) is 0 Å². The van der Waals surface area contributed by atoms with Gasteiger partial charge in [-0.2, -0.15) is 0 Å². The van der Waals surface area contributed by atoms with E-state index in [1.807, 2.05) is 36.4 Å². The predicted molar refractivity (Wildman–Crippen MR) is 102 cm³/mol. The summed E-state index contributed by atoms with van der Waals surface area (Å²) < 4.78 is 14.3. The molecular weight excluding hydrogens is 343 g/mol. The molecule has 0 N–H and O–H groups in total. The van der Waals surface area contributed by atoms with Crippen LogP contribution in [-0.4, -0.2) is 18.4 Å². The number of halogens is 1. The van der Waals surface area contributed by atoms with Crippen LogP contribution in [0.5, 0.6) is 0 Å². The molecule has 0 saturated carbocycles. The maximum atomic E-state index is 14.3. The molecule has 1 heterocycles. The van der Waals surface area contributed by atoms with Crippen molar-refractivity contribution in [3.63, 3.8) is 0 Å². The van der Waals surface area contributed by atoms with E-state index in [-0.39, 0.29) is 24.0 Å². The van der Waals surface area contributed by atoms with E-state index in [2.05, 4.69) is 0 Å². The number of amides is 2. The Morgan fingerprint density at radius 2 is 1.37 bits per heavy atom. The highest BCUT2D eigenvalue weighted by molar-refractivity contribution is 6.14. The van der Waals surface area contributed by atoms with Crippen LogP contribution in [0, 0.1) is 5.82 Å². The second kappa shape index (κ2) is 7.03. The standard InChI is InChI=1S/C22H17FN2O2/c23-18-13-7-8-14-19(18)24-15-20(26)25(17-11-5-2-6-12-17)21(22(24)27)16-9-3-1-4-10-16/h1-14,21H,15H2/t21-/m0/s1. The summed E-state index contributed by atoms with van der Waals surface area (Å²) in [4.78, 5) is 29.1. The summed E-state index contributed by atoms with van der Waals surface area (Å²) in [7, 11) is 0. The Labute approximate surface area is 156 Å². The average Bonchev–Trinajstić information content (AvgIpc) is 2.71. The van der Waals surface area contributed by atoms with Gasteiger partial charge in [0.05, 0.1) is 5.69 Å². The van der Waals surface area contributed by atoms with Crippen molar-refractivity contribution in [3.8, 4) is 0 Å². The second-order valence-corrected chi connectivity index (χ2v) is 6.29. The molecule has 1 aliphatic heterocycles. The van der Waals surface area contributed by atoms with E-state index < -0.39 is 11.9 Å². The van der Waals surface area contributed by atoms with Gasteiger partial charge in [-0.3, -0.25) is 19.4 Å². The van der Waals surface area contributed by atoms with Crippen molar-refractivity contribution < 1.29 is 14.0 Å². The molecule has 3 aromatic carbocycles. The quantitative estimate of drug-likeness (QED) is 0.710. The fraction of sp³-hybridized carbons (Fsp3) is 0.0909. The third kappa shape index (κ3) is 3.08. The number of carbonyl (C=O) groups excluding carboxylic acids is 2. The molecule has 134 valence electrons. The monoisotopic (exact) mass is 360 g/mol. The van der Waals surface area contributed by atoms with Crippen LogP contribution >= 0.6 is 0 Å². The largest absolute Gasteiger partial charge is 0.298 e. The van der Waals surface area contributed by atoms with Crippen LogP contribution in [-0.2, 0) is 9.59 Å². The smallest absolute Gasteiger partial charge is 0.255 e. The van der Waals surface area contributed by atoms with Gasteiger partial charge in [-0.15, -0.1) is 0 Å². The predicted octanol–water partition coefficient (Wildman–Crippen LogP) is 3.95. The van der Waals surface area contributed by atoms with Crippen molar-refractivity contribution in [2.45, 2.75) is 6.04 Å². The number of rotatable bonds is 3. The molecule has 0 aromatic heterocycles. The Hall–Kier alpha value is -3.47. The molecule has 0 unspecified atom stereocenters. The zero-order valence-corrected chi connectivity index (χ0v) is 14.5. The van der Waals surface area contributed by atoms with E-state index in [9.17, 15) is 14.0 Å². The van der Waals surface area contributed by atoms with Crippen molar-refractivity contribution >= 4 is 23.2 Å². The molecule has 2 amide bonds. The van der Waals surface area contributed by atoms with Crippen molar-refractivity contribution in [2.24, 2.45) is 0 Å². The summed E-state index contributed by atoms with van der Waals surface area (Å²) >= 11 is 0. The number of hydrogen-bond donors (Lipinski definition) is 0. The highest BCUT2D eigenvalue weighted by atomic mass is 19.1. The van der Waals surface area contributed by atoms with Gasteiger partial charge in [0, 0.05) is 5.69 Å². The maximum Gasteiger partial charge on any atom is 0.255 e. The number of carbonyl (C=O) groups is 2. The highest BCUT2D eigenvalue weighted by Crippen LogP contribution is 2.34. The molecule has 3 aromatic rings. The SMILES string of the molecule is O=C1[C@H](c2ccccc2)N(c2ccccc2)C(=O)CN1c1ccccc1F. The first-order valence-corrected chi connectivity index (χ1v) is 8.65. The Morgan fingerprint density at radius 1 is 0.778 bits per heavy atom. The fourth-order valence-corrected chi connectivity index (χ4v) is 3.37. The van der Waals surface area contributed by atoms with Gasteiger partial charge in [-0.1, -0.05) is 60.7 Å². The van der Waals surface area contributed by atoms with Gasteiger partial charge >= 0.3 is 0 Å². The molecule has 5 heteroatoms. The third-order valence-corrected chi connectivity index (χ3v) is 4.61. The van der Waals surface area contributed by atoms with Gasteiger partial charge in [0.15, 0.2) is 0 Å². The van der Waals surface area contributed by atoms with Gasteiger partial charge in [-0.25, -0.2) is 4.39 Å². The molecule has 1 atom stereocenters. The van der Waals surface area contributed by atoms with Crippen LogP contribution in [0.3, 0.4) is 0 Å². The van der Waals surface area contributed by atoms with Gasteiger partial charge in [0.1, 0.15) is 18.4 Å². The van der Waals surface area contributed by atoms with Crippen LogP contribution in [0.1, 0.15) is 11.6 Å². The third-order valence-electron chi connectivity index (χ3n) is 4.61. The lowest BCUT2D eigenvalue weighted by atomic mass is 9.99. The minimum Gasteiger partial charge on any atom is -0.298 e. The zero-order chi connectivity index (χ0) is 18.8. The molecule has 4 rings (SSSR count). The molecular formula is C22H17FN2O2. The van der Waals surface area contributed by atoms with Crippen molar-refractivity contribution in [1.29, 1.82) is 0 Å². The lowest BCUT2D eigenvalue weighted by molar-refractivity contribution is -0.128. The summed E-state index contributed by atoms with van der Waals surface area (Å²) in [6, 6.07) is 23.3. The summed E-state index contributed by atoms with van der Waals surface area (Å²) in [6.45, 7) is -0.210.